The van der Waals surface area contributed by atoms with E-state index in [1.54, 1.807) is 0 Å². The predicted octanol–water partition coefficient (Wildman–Crippen LogP) is 11.3. The van der Waals surface area contributed by atoms with Crippen molar-refractivity contribution in [2.24, 2.45) is 16.7 Å². The van der Waals surface area contributed by atoms with Crippen LogP contribution in [0.5, 0.6) is 11.5 Å². The zero-order chi connectivity index (χ0) is 43.9. The Morgan fingerprint density at radius 2 is 1.00 bits per heavy atom. The average Bonchev–Trinajstić information content (AvgIpc) is 3.27. The molecule has 342 valence electrons. The number of benzene rings is 4. The number of esters is 2. The van der Waals surface area contributed by atoms with Crippen molar-refractivity contribution in [1.82, 2.24) is 0 Å². The van der Waals surface area contributed by atoms with Crippen molar-refractivity contribution in [1.29, 1.82) is 0 Å². The van der Waals surface area contributed by atoms with E-state index in [1.807, 2.05) is 72.8 Å². The van der Waals surface area contributed by atoms with E-state index in [2.05, 4.69) is 20.8 Å². The van der Waals surface area contributed by atoms with Gasteiger partial charge in [-0.2, -0.15) is 0 Å². The molecule has 4 aromatic carbocycles. The normalized spacial score (nSPS) is 20.1. The molecule has 0 aromatic heterocycles. The van der Waals surface area contributed by atoms with Gasteiger partial charge in [-0.3, -0.25) is 0 Å². The monoisotopic (exact) mass is 866 g/mol. The van der Waals surface area contributed by atoms with Crippen LogP contribution in [0.4, 0.5) is 0 Å². The number of fused-ring (bicyclic) bond motifs is 2. The minimum Gasteiger partial charge on any atom is -0.494 e. The van der Waals surface area contributed by atoms with Gasteiger partial charge >= 0.3 is 11.9 Å². The molecule has 3 atom stereocenters. The molecule has 0 amide bonds. The highest BCUT2D eigenvalue weighted by Crippen LogP contribution is 2.34. The highest BCUT2D eigenvalue weighted by molar-refractivity contribution is 5.96. The van der Waals surface area contributed by atoms with Crippen molar-refractivity contribution in [2.75, 3.05) is 66.1 Å². The Hall–Kier alpha value is -4.22. The first kappa shape index (κ1) is 46.8. The second-order valence-corrected chi connectivity index (χ2v) is 18.5. The van der Waals surface area contributed by atoms with Gasteiger partial charge in [-0.05, 0) is 147 Å². The maximum atomic E-state index is 13.3. The third-order valence-electron chi connectivity index (χ3n) is 13.5. The molecule has 1 unspecified atom stereocenters. The molecule has 2 aliphatic heterocycles. The summed E-state index contributed by atoms with van der Waals surface area (Å²) in [5.41, 5.74) is 1.56. The molecule has 2 saturated heterocycles. The van der Waals surface area contributed by atoms with Crippen LogP contribution in [0.3, 0.4) is 0 Å². The molecule has 63 heavy (non-hydrogen) atoms. The molecular formula is C53H70O10. The van der Waals surface area contributed by atoms with Crippen LogP contribution < -0.4 is 9.47 Å². The van der Waals surface area contributed by atoms with Gasteiger partial charge in [0, 0.05) is 24.0 Å². The van der Waals surface area contributed by atoms with Crippen LogP contribution in [0.2, 0.25) is 0 Å². The Labute approximate surface area is 374 Å². The first-order chi connectivity index (χ1) is 30.8. The van der Waals surface area contributed by atoms with Crippen molar-refractivity contribution in [3.8, 4) is 11.5 Å². The van der Waals surface area contributed by atoms with Crippen molar-refractivity contribution in [3.63, 3.8) is 0 Å². The van der Waals surface area contributed by atoms with Gasteiger partial charge in [0.05, 0.1) is 64.0 Å². The molecule has 10 heteroatoms. The number of ether oxygens (including phenoxy) is 8. The zero-order valence-corrected chi connectivity index (χ0v) is 38.0. The molecule has 1 saturated carbocycles. The summed E-state index contributed by atoms with van der Waals surface area (Å²) in [4.78, 5) is 26.6. The highest BCUT2D eigenvalue weighted by Gasteiger charge is 2.38. The third-order valence-corrected chi connectivity index (χ3v) is 13.5. The quantitative estimate of drug-likeness (QED) is 0.0447. The molecule has 4 aromatic rings. The predicted molar refractivity (Wildman–Crippen MR) is 246 cm³/mol. The molecule has 3 aliphatic rings. The van der Waals surface area contributed by atoms with Gasteiger partial charge in [-0.15, -0.1) is 0 Å². The van der Waals surface area contributed by atoms with Crippen LogP contribution in [0.15, 0.2) is 72.8 Å². The van der Waals surface area contributed by atoms with Crippen LogP contribution in [0, 0.1) is 16.7 Å². The molecule has 1 aliphatic carbocycles. The minimum atomic E-state index is -0.335. The van der Waals surface area contributed by atoms with Crippen molar-refractivity contribution in [3.05, 3.63) is 83.9 Å². The summed E-state index contributed by atoms with van der Waals surface area (Å²) in [6.45, 7) is 14.4. The SMILES string of the molecule is CCC1(COCCCCCCOc2ccc3cc(C(=O)OC4CC[C@@H](OC(=O)c5ccc6cc(OCCCCCCOCC7(CC)COC7)ccc6c5)C[C@H]4C)ccc3c2)COC1. The average molecular weight is 867 g/mol. The lowest BCUT2D eigenvalue weighted by Gasteiger charge is -2.40. The lowest BCUT2D eigenvalue weighted by atomic mass is 9.84. The molecule has 0 bridgehead atoms. The van der Waals surface area contributed by atoms with Gasteiger partial charge in [0.2, 0.25) is 0 Å². The fourth-order valence-electron chi connectivity index (χ4n) is 8.74. The fourth-order valence-corrected chi connectivity index (χ4v) is 8.74. The Bertz CT molecular complexity index is 2060. The largest absolute Gasteiger partial charge is 0.494 e. The molecule has 0 N–H and O–H groups in total. The first-order valence-corrected chi connectivity index (χ1v) is 23.8. The standard InChI is InChI=1S/C53H70O10/c1-4-52(35-58-36-52)33-56-24-10-6-8-12-26-60-46-20-18-40-29-44(16-14-42(40)31-46)50(54)62-48-22-23-49(39(3)28-48)63-51(55)45-17-15-43-32-47(21-19-41(43)30-45)61-27-13-9-7-11-25-57-34-53(5-2)37-59-38-53/h14-21,29-32,39,48-49H,4-13,22-28,33-38H2,1-3H3/t39-,48-,49?/m1/s1. The van der Waals surface area contributed by atoms with Gasteiger partial charge in [0.25, 0.3) is 0 Å². The maximum Gasteiger partial charge on any atom is 0.338 e. The summed E-state index contributed by atoms with van der Waals surface area (Å²) < 4.78 is 46.7. The van der Waals surface area contributed by atoms with E-state index >= 15 is 0 Å². The summed E-state index contributed by atoms with van der Waals surface area (Å²) in [6, 6.07) is 23.3. The van der Waals surface area contributed by atoms with E-state index < -0.39 is 0 Å². The smallest absolute Gasteiger partial charge is 0.338 e. The lowest BCUT2D eigenvalue weighted by Crippen LogP contribution is -2.45. The van der Waals surface area contributed by atoms with Crippen LogP contribution in [-0.2, 0) is 28.4 Å². The molecule has 0 radical (unpaired) electrons. The second kappa shape index (κ2) is 23.1. The first-order valence-electron chi connectivity index (χ1n) is 23.8. The number of rotatable bonds is 26. The summed E-state index contributed by atoms with van der Waals surface area (Å²) in [5, 5.41) is 3.94. The number of hydrogen-bond donors (Lipinski definition) is 0. The molecular weight excluding hydrogens is 797 g/mol. The Morgan fingerprint density at radius 3 is 1.44 bits per heavy atom. The topological polar surface area (TPSA) is 108 Å². The molecule has 3 fully saturated rings. The van der Waals surface area contributed by atoms with Gasteiger partial charge in [-0.1, -0.05) is 57.9 Å². The highest BCUT2D eigenvalue weighted by atomic mass is 16.6. The molecule has 7 rings (SSSR count). The molecule has 10 nitrogen and oxygen atoms in total. The second-order valence-electron chi connectivity index (χ2n) is 18.5. The van der Waals surface area contributed by atoms with Crippen molar-refractivity contribution < 1.29 is 47.5 Å². The summed E-state index contributed by atoms with van der Waals surface area (Å²) in [6.07, 6.45) is 12.2. The van der Waals surface area contributed by atoms with E-state index in [-0.39, 0.29) is 40.9 Å². The van der Waals surface area contributed by atoms with Gasteiger partial charge in [-0.25, -0.2) is 9.59 Å². The molecule has 2 heterocycles. The number of unbranched alkanes of at least 4 members (excludes halogenated alkanes) is 6. The van der Waals surface area contributed by atoms with Crippen LogP contribution in [-0.4, -0.2) is 90.2 Å². The van der Waals surface area contributed by atoms with E-state index in [9.17, 15) is 9.59 Å². The third kappa shape index (κ3) is 13.2. The summed E-state index contributed by atoms with van der Waals surface area (Å²) in [7, 11) is 0. The number of hydrogen-bond acceptors (Lipinski definition) is 10. The maximum absolute atomic E-state index is 13.3. The van der Waals surface area contributed by atoms with Gasteiger partial charge < -0.3 is 37.9 Å². The van der Waals surface area contributed by atoms with Crippen LogP contribution in [0.1, 0.15) is 125 Å². The minimum absolute atomic E-state index is 0.0462. The lowest BCUT2D eigenvalue weighted by molar-refractivity contribution is -0.150. The summed E-state index contributed by atoms with van der Waals surface area (Å²) in [5.74, 6) is 1.04. The number of carbonyl (C=O) groups is 2. The van der Waals surface area contributed by atoms with Crippen molar-refractivity contribution in [2.45, 2.75) is 116 Å². The van der Waals surface area contributed by atoms with E-state index in [0.29, 0.717) is 43.6 Å². The van der Waals surface area contributed by atoms with Crippen LogP contribution in [0.25, 0.3) is 21.5 Å². The zero-order valence-electron chi connectivity index (χ0n) is 38.0. The van der Waals surface area contributed by atoms with E-state index in [4.69, 9.17) is 37.9 Å². The summed E-state index contributed by atoms with van der Waals surface area (Å²) >= 11 is 0. The van der Waals surface area contributed by atoms with Crippen LogP contribution >= 0.6 is 0 Å². The Balaban J connectivity index is 0.766. The van der Waals surface area contributed by atoms with E-state index in [0.717, 1.165) is 150 Å². The van der Waals surface area contributed by atoms with Gasteiger partial charge in [0.15, 0.2) is 0 Å². The fraction of sp³-hybridized carbons (Fsp3) is 0.585. The number of carbonyl (C=O) groups excluding carboxylic acids is 2. The molecule has 0 spiro atoms. The Morgan fingerprint density at radius 1 is 0.556 bits per heavy atom. The van der Waals surface area contributed by atoms with Gasteiger partial charge in [0.1, 0.15) is 23.7 Å². The van der Waals surface area contributed by atoms with E-state index in [1.165, 1.54) is 0 Å². The Kier molecular flexibility index (Phi) is 17.2. The van der Waals surface area contributed by atoms with Crippen molar-refractivity contribution >= 4 is 33.5 Å².